The van der Waals surface area contributed by atoms with Crippen LogP contribution >= 0.6 is 0 Å². The Bertz CT molecular complexity index is 331. The van der Waals surface area contributed by atoms with Crippen molar-refractivity contribution in [1.29, 1.82) is 0 Å². The summed E-state index contributed by atoms with van der Waals surface area (Å²) in [5, 5.41) is 0. The van der Waals surface area contributed by atoms with E-state index >= 15 is 0 Å². The SMILES string of the molecule is CC1(C)CCCCC1C(=O)CC1CC2CCC1C2. The van der Waals surface area contributed by atoms with Crippen LogP contribution in [0.25, 0.3) is 0 Å². The fourth-order valence-electron chi connectivity index (χ4n) is 5.12. The number of carbonyl (C=O) groups is 1. The summed E-state index contributed by atoms with van der Waals surface area (Å²) in [7, 11) is 0. The minimum Gasteiger partial charge on any atom is -0.299 e. The molecule has 102 valence electrons. The highest BCUT2D eigenvalue weighted by Crippen LogP contribution is 2.51. The van der Waals surface area contributed by atoms with Crippen LogP contribution in [0.4, 0.5) is 0 Å². The minimum atomic E-state index is 0.271. The molecule has 18 heavy (non-hydrogen) atoms. The van der Waals surface area contributed by atoms with Crippen molar-refractivity contribution >= 4 is 5.78 Å². The number of Topliss-reactive ketones (excluding diaryl/α,β-unsaturated/α-hetero) is 1. The number of ketones is 1. The molecule has 2 bridgehead atoms. The molecule has 3 saturated carbocycles. The maximum Gasteiger partial charge on any atom is 0.136 e. The van der Waals surface area contributed by atoms with E-state index in [4.69, 9.17) is 0 Å². The summed E-state index contributed by atoms with van der Waals surface area (Å²) in [4.78, 5) is 12.6. The second-order valence-electron chi connectivity index (χ2n) is 7.89. The molecule has 1 nitrogen and oxygen atoms in total. The maximum absolute atomic E-state index is 12.6. The molecule has 0 aromatic heterocycles. The van der Waals surface area contributed by atoms with Crippen molar-refractivity contribution in [2.75, 3.05) is 0 Å². The molecule has 1 heteroatoms. The Morgan fingerprint density at radius 1 is 1.11 bits per heavy atom. The van der Waals surface area contributed by atoms with Gasteiger partial charge in [0.1, 0.15) is 5.78 Å². The van der Waals surface area contributed by atoms with Gasteiger partial charge in [0.2, 0.25) is 0 Å². The van der Waals surface area contributed by atoms with Crippen LogP contribution in [-0.4, -0.2) is 5.78 Å². The van der Waals surface area contributed by atoms with E-state index < -0.39 is 0 Å². The lowest BCUT2D eigenvalue weighted by Crippen LogP contribution is -2.35. The van der Waals surface area contributed by atoms with Crippen LogP contribution in [-0.2, 0) is 4.79 Å². The van der Waals surface area contributed by atoms with Crippen LogP contribution in [0.15, 0.2) is 0 Å². The standard InChI is InChI=1S/C17H28O/c1-17(2)8-4-3-5-15(17)16(18)11-14-10-12-6-7-13(14)9-12/h12-15H,3-11H2,1-2H3. The van der Waals surface area contributed by atoms with Crippen molar-refractivity contribution in [2.24, 2.45) is 29.1 Å². The topological polar surface area (TPSA) is 17.1 Å². The van der Waals surface area contributed by atoms with Crippen molar-refractivity contribution in [3.05, 3.63) is 0 Å². The molecule has 4 atom stereocenters. The lowest BCUT2D eigenvalue weighted by molar-refractivity contribution is -0.129. The van der Waals surface area contributed by atoms with Crippen molar-refractivity contribution in [2.45, 2.75) is 71.6 Å². The van der Waals surface area contributed by atoms with Gasteiger partial charge in [0, 0.05) is 12.3 Å². The van der Waals surface area contributed by atoms with Gasteiger partial charge in [-0.3, -0.25) is 4.79 Å². The fraction of sp³-hybridized carbons (Fsp3) is 0.941. The molecule has 0 spiro atoms. The monoisotopic (exact) mass is 248 g/mol. The number of carbonyl (C=O) groups excluding carboxylic acids is 1. The van der Waals surface area contributed by atoms with Gasteiger partial charge in [-0.1, -0.05) is 33.1 Å². The number of rotatable bonds is 3. The Morgan fingerprint density at radius 2 is 1.94 bits per heavy atom. The fourth-order valence-corrected chi connectivity index (χ4v) is 5.12. The first-order valence-electron chi connectivity index (χ1n) is 8.09. The second kappa shape index (κ2) is 4.65. The average molecular weight is 248 g/mol. The van der Waals surface area contributed by atoms with E-state index in [1.54, 1.807) is 0 Å². The summed E-state index contributed by atoms with van der Waals surface area (Å²) in [6, 6.07) is 0. The van der Waals surface area contributed by atoms with Crippen molar-refractivity contribution in [1.82, 2.24) is 0 Å². The zero-order chi connectivity index (χ0) is 12.8. The third kappa shape index (κ3) is 2.26. The van der Waals surface area contributed by atoms with Gasteiger partial charge in [-0.2, -0.15) is 0 Å². The molecular formula is C17H28O. The maximum atomic E-state index is 12.6. The molecule has 0 radical (unpaired) electrons. The van der Waals surface area contributed by atoms with Crippen LogP contribution < -0.4 is 0 Å². The van der Waals surface area contributed by atoms with E-state index in [9.17, 15) is 4.79 Å². The van der Waals surface area contributed by atoms with E-state index in [0.717, 1.165) is 30.6 Å². The van der Waals surface area contributed by atoms with Gasteiger partial charge in [-0.15, -0.1) is 0 Å². The lowest BCUT2D eigenvalue weighted by Gasteiger charge is -2.38. The molecule has 0 heterocycles. The Labute approximate surface area is 112 Å². The van der Waals surface area contributed by atoms with Gasteiger partial charge >= 0.3 is 0 Å². The third-order valence-corrected chi connectivity index (χ3v) is 6.24. The quantitative estimate of drug-likeness (QED) is 0.713. The van der Waals surface area contributed by atoms with Crippen LogP contribution in [0, 0.1) is 29.1 Å². The first kappa shape index (κ1) is 12.7. The summed E-state index contributed by atoms with van der Waals surface area (Å²) in [6.07, 6.45) is 11.6. The van der Waals surface area contributed by atoms with Crippen LogP contribution in [0.2, 0.25) is 0 Å². The van der Waals surface area contributed by atoms with Gasteiger partial charge in [0.25, 0.3) is 0 Å². The van der Waals surface area contributed by atoms with Crippen LogP contribution in [0.3, 0.4) is 0 Å². The molecule has 3 aliphatic rings. The van der Waals surface area contributed by atoms with Crippen molar-refractivity contribution in [3.63, 3.8) is 0 Å². The van der Waals surface area contributed by atoms with E-state index in [2.05, 4.69) is 13.8 Å². The smallest absolute Gasteiger partial charge is 0.136 e. The summed E-state index contributed by atoms with van der Waals surface area (Å²) in [5.74, 6) is 3.62. The van der Waals surface area contributed by atoms with Crippen molar-refractivity contribution < 1.29 is 4.79 Å². The van der Waals surface area contributed by atoms with E-state index in [-0.39, 0.29) is 5.41 Å². The van der Waals surface area contributed by atoms with Crippen LogP contribution in [0.1, 0.15) is 71.6 Å². The Kier molecular flexibility index (Phi) is 3.28. The highest BCUT2D eigenvalue weighted by atomic mass is 16.1. The molecule has 0 N–H and O–H groups in total. The first-order valence-corrected chi connectivity index (χ1v) is 8.09. The second-order valence-corrected chi connectivity index (χ2v) is 7.89. The van der Waals surface area contributed by atoms with Crippen LogP contribution in [0.5, 0.6) is 0 Å². The summed E-state index contributed by atoms with van der Waals surface area (Å²) in [6.45, 7) is 4.63. The molecule has 0 aliphatic heterocycles. The zero-order valence-corrected chi connectivity index (χ0v) is 12.1. The highest BCUT2D eigenvalue weighted by molar-refractivity contribution is 5.82. The first-order chi connectivity index (χ1) is 8.56. The normalized spacial score (nSPS) is 42.1. The summed E-state index contributed by atoms with van der Waals surface area (Å²) < 4.78 is 0. The predicted octanol–water partition coefficient (Wildman–Crippen LogP) is 4.60. The Morgan fingerprint density at radius 3 is 2.56 bits per heavy atom. The number of hydrogen-bond acceptors (Lipinski definition) is 1. The number of hydrogen-bond donors (Lipinski definition) is 0. The third-order valence-electron chi connectivity index (χ3n) is 6.24. The van der Waals surface area contributed by atoms with Gasteiger partial charge in [0.15, 0.2) is 0 Å². The molecule has 4 unspecified atom stereocenters. The molecule has 3 aliphatic carbocycles. The van der Waals surface area contributed by atoms with Gasteiger partial charge in [0.05, 0.1) is 0 Å². The Hall–Kier alpha value is -0.330. The summed E-state index contributed by atoms with van der Waals surface area (Å²) in [5.41, 5.74) is 0.271. The molecule has 0 aromatic carbocycles. The molecule has 0 saturated heterocycles. The van der Waals surface area contributed by atoms with Crippen molar-refractivity contribution in [3.8, 4) is 0 Å². The molecule has 3 fully saturated rings. The summed E-state index contributed by atoms with van der Waals surface area (Å²) >= 11 is 0. The predicted molar refractivity (Wildman–Crippen MR) is 74.3 cm³/mol. The highest BCUT2D eigenvalue weighted by Gasteiger charge is 2.43. The average Bonchev–Trinajstić information content (AvgIpc) is 2.90. The molecule has 0 amide bonds. The zero-order valence-electron chi connectivity index (χ0n) is 12.1. The van der Waals surface area contributed by atoms with Gasteiger partial charge < -0.3 is 0 Å². The molecule has 0 aromatic rings. The van der Waals surface area contributed by atoms with E-state index in [1.807, 2.05) is 0 Å². The molecular weight excluding hydrogens is 220 g/mol. The Balaban J connectivity index is 1.61. The molecule has 3 rings (SSSR count). The van der Waals surface area contributed by atoms with E-state index in [0.29, 0.717) is 11.7 Å². The van der Waals surface area contributed by atoms with Gasteiger partial charge in [-0.25, -0.2) is 0 Å². The number of fused-ring (bicyclic) bond motifs is 2. The van der Waals surface area contributed by atoms with Gasteiger partial charge in [-0.05, 0) is 55.3 Å². The lowest BCUT2D eigenvalue weighted by atomic mass is 9.65. The minimum absolute atomic E-state index is 0.271. The van der Waals surface area contributed by atoms with E-state index in [1.165, 1.54) is 44.9 Å². The largest absolute Gasteiger partial charge is 0.299 e.